The lowest BCUT2D eigenvalue weighted by Gasteiger charge is -2.37. The molecule has 32 heavy (non-hydrogen) atoms. The number of rotatable bonds is 6. The molecule has 2 unspecified atom stereocenters. The second-order valence-corrected chi connectivity index (χ2v) is 9.03. The summed E-state index contributed by atoms with van der Waals surface area (Å²) in [6, 6.07) is 31.2. The van der Waals surface area contributed by atoms with Gasteiger partial charge in [-0.25, -0.2) is 0 Å². The molecule has 2 aliphatic rings. The van der Waals surface area contributed by atoms with Crippen LogP contribution >= 0.6 is 0 Å². The first-order chi connectivity index (χ1) is 15.5. The fourth-order valence-corrected chi connectivity index (χ4v) is 5.01. The van der Waals surface area contributed by atoms with E-state index < -0.39 is 11.4 Å². The highest BCUT2D eigenvalue weighted by Gasteiger charge is 2.54. The first-order valence-electron chi connectivity index (χ1n) is 11.3. The lowest BCUT2D eigenvalue weighted by molar-refractivity contribution is -0.193. The lowest BCUT2D eigenvalue weighted by Crippen LogP contribution is -2.39. The first-order valence-corrected chi connectivity index (χ1v) is 11.3. The number of ether oxygens (including phenoxy) is 4. The third-order valence-corrected chi connectivity index (χ3v) is 6.39. The molecule has 0 N–H and O–H groups in total. The smallest absolute Gasteiger partial charge is 0.164 e. The molecule has 5 rings (SSSR count). The van der Waals surface area contributed by atoms with Crippen LogP contribution in [0.5, 0.6) is 0 Å². The molecule has 2 aliphatic heterocycles. The van der Waals surface area contributed by atoms with Crippen molar-refractivity contribution >= 4 is 0 Å². The molecule has 4 heteroatoms. The van der Waals surface area contributed by atoms with Crippen molar-refractivity contribution in [1.82, 2.24) is 0 Å². The van der Waals surface area contributed by atoms with Gasteiger partial charge in [0.25, 0.3) is 0 Å². The number of benzene rings is 3. The minimum absolute atomic E-state index is 0.0463. The van der Waals surface area contributed by atoms with Crippen molar-refractivity contribution in [3.05, 3.63) is 108 Å². The average Bonchev–Trinajstić information content (AvgIpc) is 3.29. The Morgan fingerprint density at radius 3 is 1.62 bits per heavy atom. The van der Waals surface area contributed by atoms with Crippen LogP contribution in [-0.2, 0) is 24.5 Å². The summed E-state index contributed by atoms with van der Waals surface area (Å²) in [6.45, 7) is 6.33. The van der Waals surface area contributed by atoms with Gasteiger partial charge in [0.15, 0.2) is 5.79 Å². The SMILES string of the molecule is C[C@@H]1O[C@H](COC(c2ccccc2)(c2ccccc2)c2ccccc2)C2OC(C)(C)OC21. The van der Waals surface area contributed by atoms with Gasteiger partial charge in [-0.15, -0.1) is 0 Å². The molecule has 166 valence electrons. The van der Waals surface area contributed by atoms with E-state index in [0.717, 1.165) is 16.7 Å². The van der Waals surface area contributed by atoms with Crippen LogP contribution in [-0.4, -0.2) is 36.8 Å². The molecule has 2 saturated heterocycles. The fraction of sp³-hybridized carbons (Fsp3) is 0.357. The molecule has 4 atom stereocenters. The molecule has 0 aromatic heterocycles. The van der Waals surface area contributed by atoms with Gasteiger partial charge in [-0.2, -0.15) is 0 Å². The number of hydrogen-bond donors (Lipinski definition) is 0. The standard InChI is InChI=1S/C28H30O4/c1-20-25-26(32-27(2,3)31-25)24(30-20)19-29-28(21-13-7-4-8-14-21,22-15-9-5-10-16-22)23-17-11-6-12-18-23/h4-18,20,24-26H,19H2,1-3H3/t20-,24+,25?,26?/m0/s1. The van der Waals surface area contributed by atoms with Gasteiger partial charge in [-0.3, -0.25) is 0 Å². The van der Waals surface area contributed by atoms with Crippen molar-refractivity contribution in [3.8, 4) is 0 Å². The Hall–Kier alpha value is -2.50. The molecule has 2 fully saturated rings. The van der Waals surface area contributed by atoms with Gasteiger partial charge in [-0.05, 0) is 37.5 Å². The topological polar surface area (TPSA) is 36.9 Å². The van der Waals surface area contributed by atoms with Crippen LogP contribution in [0, 0.1) is 0 Å². The third-order valence-electron chi connectivity index (χ3n) is 6.39. The Balaban J connectivity index is 1.55. The van der Waals surface area contributed by atoms with E-state index >= 15 is 0 Å². The zero-order chi connectivity index (χ0) is 22.2. The van der Waals surface area contributed by atoms with Crippen molar-refractivity contribution < 1.29 is 18.9 Å². The quantitative estimate of drug-likeness (QED) is 0.497. The van der Waals surface area contributed by atoms with Gasteiger partial charge >= 0.3 is 0 Å². The van der Waals surface area contributed by atoms with Crippen LogP contribution in [0.4, 0.5) is 0 Å². The summed E-state index contributed by atoms with van der Waals surface area (Å²) in [4.78, 5) is 0. The van der Waals surface area contributed by atoms with Gasteiger partial charge in [0, 0.05) is 0 Å². The maximum absolute atomic E-state index is 6.94. The zero-order valence-electron chi connectivity index (χ0n) is 18.8. The highest BCUT2D eigenvalue weighted by molar-refractivity contribution is 5.47. The molecule has 0 spiro atoms. The second kappa shape index (κ2) is 8.45. The van der Waals surface area contributed by atoms with E-state index in [4.69, 9.17) is 18.9 Å². The summed E-state index contributed by atoms with van der Waals surface area (Å²) < 4.78 is 25.5. The van der Waals surface area contributed by atoms with Gasteiger partial charge in [0.05, 0.1) is 12.7 Å². The van der Waals surface area contributed by atoms with Gasteiger partial charge in [-0.1, -0.05) is 91.0 Å². The Kier molecular flexibility index (Phi) is 5.64. The second-order valence-electron chi connectivity index (χ2n) is 9.03. The summed E-state index contributed by atoms with van der Waals surface area (Å²) in [6.07, 6.45) is -0.500. The molecule has 0 bridgehead atoms. The van der Waals surface area contributed by atoms with E-state index in [2.05, 4.69) is 72.8 Å². The van der Waals surface area contributed by atoms with Crippen molar-refractivity contribution in [2.75, 3.05) is 6.61 Å². The lowest BCUT2D eigenvalue weighted by atomic mass is 9.80. The monoisotopic (exact) mass is 430 g/mol. The Bertz CT molecular complexity index is 922. The molecule has 0 saturated carbocycles. The van der Waals surface area contributed by atoms with Crippen molar-refractivity contribution in [2.24, 2.45) is 0 Å². The molecular formula is C28H30O4. The van der Waals surface area contributed by atoms with Gasteiger partial charge < -0.3 is 18.9 Å². The normalized spacial score (nSPS) is 26.7. The molecule has 3 aromatic carbocycles. The van der Waals surface area contributed by atoms with Crippen LogP contribution in [0.2, 0.25) is 0 Å². The maximum atomic E-state index is 6.94. The number of hydrogen-bond acceptors (Lipinski definition) is 4. The molecule has 3 aromatic rings. The molecule has 0 aliphatic carbocycles. The summed E-state index contributed by atoms with van der Waals surface area (Å²) in [7, 11) is 0. The van der Waals surface area contributed by atoms with Gasteiger partial charge in [0.1, 0.15) is 23.9 Å². The molecular weight excluding hydrogens is 400 g/mol. The Morgan fingerprint density at radius 2 is 1.16 bits per heavy atom. The predicted molar refractivity (Wildman–Crippen MR) is 123 cm³/mol. The van der Waals surface area contributed by atoms with Crippen LogP contribution in [0.15, 0.2) is 91.0 Å². The fourth-order valence-electron chi connectivity index (χ4n) is 5.01. The predicted octanol–water partition coefficient (Wildman–Crippen LogP) is 5.30. The summed E-state index contributed by atoms with van der Waals surface area (Å²) >= 11 is 0. The molecule has 4 nitrogen and oxygen atoms in total. The van der Waals surface area contributed by atoms with Crippen LogP contribution in [0.1, 0.15) is 37.5 Å². The third kappa shape index (κ3) is 3.78. The highest BCUT2D eigenvalue weighted by atomic mass is 16.8. The van der Waals surface area contributed by atoms with Gasteiger partial charge in [0.2, 0.25) is 0 Å². The van der Waals surface area contributed by atoms with Crippen LogP contribution in [0.25, 0.3) is 0 Å². The van der Waals surface area contributed by atoms with Crippen molar-refractivity contribution in [3.63, 3.8) is 0 Å². The summed E-state index contributed by atoms with van der Waals surface area (Å²) in [5, 5.41) is 0. The summed E-state index contributed by atoms with van der Waals surface area (Å²) in [5.41, 5.74) is 2.44. The summed E-state index contributed by atoms with van der Waals surface area (Å²) in [5.74, 6) is -0.610. The first kappa shape index (κ1) is 21.4. The van der Waals surface area contributed by atoms with E-state index in [0.29, 0.717) is 6.61 Å². The highest BCUT2D eigenvalue weighted by Crippen LogP contribution is 2.43. The zero-order valence-corrected chi connectivity index (χ0v) is 18.8. The van der Waals surface area contributed by atoms with Crippen molar-refractivity contribution in [2.45, 2.75) is 56.6 Å². The van der Waals surface area contributed by atoms with Crippen LogP contribution in [0.3, 0.4) is 0 Å². The van der Waals surface area contributed by atoms with E-state index in [9.17, 15) is 0 Å². The van der Waals surface area contributed by atoms with E-state index in [1.165, 1.54) is 0 Å². The maximum Gasteiger partial charge on any atom is 0.164 e. The molecule has 0 radical (unpaired) electrons. The van der Waals surface area contributed by atoms with Crippen molar-refractivity contribution in [1.29, 1.82) is 0 Å². The average molecular weight is 431 g/mol. The molecule has 2 heterocycles. The van der Waals surface area contributed by atoms with E-state index in [1.807, 2.05) is 39.0 Å². The minimum Gasteiger partial charge on any atom is -0.367 e. The van der Waals surface area contributed by atoms with Crippen LogP contribution < -0.4 is 0 Å². The Morgan fingerprint density at radius 1 is 0.719 bits per heavy atom. The minimum atomic E-state index is -0.774. The largest absolute Gasteiger partial charge is 0.367 e. The Labute approximate surface area is 190 Å². The number of fused-ring (bicyclic) bond motifs is 1. The molecule has 0 amide bonds. The van der Waals surface area contributed by atoms with E-state index in [1.54, 1.807) is 0 Å². The van der Waals surface area contributed by atoms with E-state index in [-0.39, 0.29) is 24.4 Å².